The highest BCUT2D eigenvalue weighted by atomic mass is 32.1. The third kappa shape index (κ3) is 7.75. The number of hydrogen-bond donors (Lipinski definition) is 2. The number of methoxy groups -OCH3 is 1. The minimum Gasteiger partial charge on any atom is -0.453 e. The lowest BCUT2D eigenvalue weighted by atomic mass is 10.4. The van der Waals surface area contributed by atoms with Crippen molar-refractivity contribution in [1.82, 2.24) is 15.5 Å². The summed E-state index contributed by atoms with van der Waals surface area (Å²) < 4.78 is 4.38. The minimum atomic E-state index is -0.546. The van der Waals surface area contributed by atoms with E-state index in [0.29, 0.717) is 5.11 Å². The van der Waals surface area contributed by atoms with E-state index in [-0.39, 0.29) is 0 Å². The molecule has 0 aliphatic heterocycles. The molecule has 82 valence electrons. The van der Waals surface area contributed by atoms with Crippen LogP contribution in [0.15, 0.2) is 0 Å². The molecule has 0 radical (unpaired) electrons. The van der Waals surface area contributed by atoms with E-state index in [1.165, 1.54) is 7.11 Å². The largest absolute Gasteiger partial charge is 0.453 e. The second-order valence-corrected chi connectivity index (χ2v) is 3.44. The van der Waals surface area contributed by atoms with Crippen molar-refractivity contribution in [3.63, 3.8) is 0 Å². The number of amides is 1. The summed E-state index contributed by atoms with van der Waals surface area (Å²) in [6, 6.07) is 0. The Morgan fingerprint density at radius 2 is 2.14 bits per heavy atom. The summed E-state index contributed by atoms with van der Waals surface area (Å²) in [5.41, 5.74) is 0. The molecule has 0 fully saturated rings. The van der Waals surface area contributed by atoms with E-state index >= 15 is 0 Å². The fraction of sp³-hybridized carbons (Fsp3) is 0.750. The molecule has 0 saturated heterocycles. The molecule has 0 spiro atoms. The van der Waals surface area contributed by atoms with Crippen molar-refractivity contribution in [1.29, 1.82) is 0 Å². The van der Waals surface area contributed by atoms with Gasteiger partial charge in [0, 0.05) is 6.54 Å². The highest BCUT2D eigenvalue weighted by Crippen LogP contribution is 1.81. The lowest BCUT2D eigenvalue weighted by Crippen LogP contribution is -2.40. The monoisotopic (exact) mass is 219 g/mol. The van der Waals surface area contributed by atoms with Crippen molar-refractivity contribution in [2.75, 3.05) is 34.3 Å². The Hall–Kier alpha value is -0.880. The van der Waals surface area contributed by atoms with Gasteiger partial charge in [-0.25, -0.2) is 4.79 Å². The number of ether oxygens (including phenoxy) is 1. The number of thiocarbonyl (C=S) groups is 1. The summed E-state index contributed by atoms with van der Waals surface area (Å²) >= 11 is 4.84. The Morgan fingerprint density at radius 1 is 1.50 bits per heavy atom. The third-order valence-corrected chi connectivity index (χ3v) is 1.72. The highest BCUT2D eigenvalue weighted by molar-refractivity contribution is 7.80. The molecule has 0 atom stereocenters. The molecule has 0 aliphatic carbocycles. The molecule has 0 bridgehead atoms. The Labute approximate surface area is 89.8 Å². The molecule has 0 aliphatic rings. The van der Waals surface area contributed by atoms with Crippen LogP contribution in [0.3, 0.4) is 0 Å². The van der Waals surface area contributed by atoms with Crippen molar-refractivity contribution in [3.05, 3.63) is 0 Å². The maximum Gasteiger partial charge on any atom is 0.413 e. The zero-order valence-electron chi connectivity index (χ0n) is 8.79. The van der Waals surface area contributed by atoms with Gasteiger partial charge in [0.1, 0.15) is 0 Å². The van der Waals surface area contributed by atoms with E-state index in [1.807, 2.05) is 14.1 Å². The molecule has 0 aromatic heterocycles. The molecule has 6 heteroatoms. The average Bonchev–Trinajstić information content (AvgIpc) is 2.12. The van der Waals surface area contributed by atoms with Crippen LogP contribution in [0.2, 0.25) is 0 Å². The van der Waals surface area contributed by atoms with Crippen LogP contribution in [0.4, 0.5) is 4.79 Å². The normalized spacial score (nSPS) is 9.71. The van der Waals surface area contributed by atoms with Gasteiger partial charge in [-0.05, 0) is 39.3 Å². The number of nitrogens with one attached hydrogen (secondary N) is 2. The van der Waals surface area contributed by atoms with Crippen molar-refractivity contribution in [3.8, 4) is 0 Å². The van der Waals surface area contributed by atoms with Crippen LogP contribution in [0, 0.1) is 0 Å². The molecule has 0 rings (SSSR count). The molecule has 0 heterocycles. The molecular weight excluding hydrogens is 202 g/mol. The van der Waals surface area contributed by atoms with Crippen LogP contribution in [-0.4, -0.2) is 50.4 Å². The first kappa shape index (κ1) is 13.1. The van der Waals surface area contributed by atoms with Crippen LogP contribution in [0.5, 0.6) is 0 Å². The van der Waals surface area contributed by atoms with Gasteiger partial charge in [0.25, 0.3) is 0 Å². The lowest BCUT2D eigenvalue weighted by molar-refractivity contribution is 0.176. The van der Waals surface area contributed by atoms with E-state index in [4.69, 9.17) is 12.2 Å². The minimum absolute atomic E-state index is 0.301. The van der Waals surface area contributed by atoms with Gasteiger partial charge in [-0.3, -0.25) is 5.32 Å². The third-order valence-electron chi connectivity index (χ3n) is 1.47. The van der Waals surface area contributed by atoms with Gasteiger partial charge < -0.3 is 15.0 Å². The summed E-state index contributed by atoms with van der Waals surface area (Å²) in [6.07, 6.45) is 0.422. The number of carbonyl (C=O) groups excluding carboxylic acids is 1. The Morgan fingerprint density at radius 3 is 2.64 bits per heavy atom. The lowest BCUT2D eigenvalue weighted by Gasteiger charge is -2.11. The zero-order valence-corrected chi connectivity index (χ0v) is 9.61. The maximum absolute atomic E-state index is 10.7. The molecule has 0 saturated carbocycles. The molecule has 14 heavy (non-hydrogen) atoms. The van der Waals surface area contributed by atoms with Crippen molar-refractivity contribution >= 4 is 23.4 Å². The van der Waals surface area contributed by atoms with Gasteiger partial charge in [-0.15, -0.1) is 0 Å². The number of carbonyl (C=O) groups is 1. The molecule has 1 amide bonds. The van der Waals surface area contributed by atoms with Gasteiger partial charge >= 0.3 is 6.09 Å². The van der Waals surface area contributed by atoms with Crippen molar-refractivity contribution in [2.45, 2.75) is 6.42 Å². The summed E-state index contributed by atoms with van der Waals surface area (Å²) in [6.45, 7) is 1.72. The van der Waals surface area contributed by atoms with E-state index in [1.54, 1.807) is 0 Å². The number of hydrogen-bond acceptors (Lipinski definition) is 4. The second-order valence-electron chi connectivity index (χ2n) is 3.03. The SMILES string of the molecule is COC(=O)NC(=S)NCCCN(C)C. The van der Waals surface area contributed by atoms with Crippen LogP contribution >= 0.6 is 12.2 Å². The van der Waals surface area contributed by atoms with Crippen molar-refractivity contribution < 1.29 is 9.53 Å². The number of nitrogens with zero attached hydrogens (tertiary/aromatic N) is 1. The smallest absolute Gasteiger partial charge is 0.413 e. The Balaban J connectivity index is 3.40. The highest BCUT2D eigenvalue weighted by Gasteiger charge is 2.01. The topological polar surface area (TPSA) is 53.6 Å². The molecule has 2 N–H and O–H groups in total. The first-order valence-corrected chi connectivity index (χ1v) is 4.74. The summed E-state index contributed by atoms with van der Waals surface area (Å²) in [7, 11) is 5.31. The summed E-state index contributed by atoms with van der Waals surface area (Å²) in [5, 5.41) is 5.56. The van der Waals surface area contributed by atoms with Gasteiger partial charge in [0.15, 0.2) is 5.11 Å². The van der Waals surface area contributed by atoms with E-state index in [2.05, 4.69) is 20.3 Å². The van der Waals surface area contributed by atoms with E-state index in [9.17, 15) is 4.79 Å². The average molecular weight is 219 g/mol. The first-order chi connectivity index (χ1) is 6.56. The predicted molar refractivity (Wildman–Crippen MR) is 59.3 cm³/mol. The molecule has 0 unspecified atom stereocenters. The quantitative estimate of drug-likeness (QED) is 0.521. The van der Waals surface area contributed by atoms with Crippen molar-refractivity contribution in [2.24, 2.45) is 0 Å². The Bertz CT molecular complexity index is 197. The van der Waals surface area contributed by atoms with Crippen LogP contribution in [-0.2, 0) is 4.74 Å². The van der Waals surface area contributed by atoms with Gasteiger partial charge in [0.2, 0.25) is 0 Å². The number of rotatable bonds is 4. The van der Waals surface area contributed by atoms with Crippen LogP contribution < -0.4 is 10.6 Å². The van der Waals surface area contributed by atoms with E-state index < -0.39 is 6.09 Å². The predicted octanol–water partition coefficient (Wildman–Crippen LogP) is 0.169. The van der Waals surface area contributed by atoms with Gasteiger partial charge in [-0.2, -0.15) is 0 Å². The molecular formula is C8H17N3O2S. The van der Waals surface area contributed by atoms with Crippen LogP contribution in [0.25, 0.3) is 0 Å². The van der Waals surface area contributed by atoms with Crippen LogP contribution in [0.1, 0.15) is 6.42 Å². The fourth-order valence-electron chi connectivity index (χ4n) is 0.785. The maximum atomic E-state index is 10.7. The van der Waals surface area contributed by atoms with Gasteiger partial charge in [0.05, 0.1) is 7.11 Å². The Kier molecular flexibility index (Phi) is 7.04. The molecule has 0 aromatic rings. The second kappa shape index (κ2) is 7.52. The fourth-order valence-corrected chi connectivity index (χ4v) is 0.971. The summed E-state index contributed by atoms with van der Waals surface area (Å²) in [4.78, 5) is 12.8. The number of alkyl carbamates (subject to hydrolysis) is 1. The molecule has 5 nitrogen and oxygen atoms in total. The van der Waals surface area contributed by atoms with E-state index in [0.717, 1.165) is 19.5 Å². The zero-order chi connectivity index (χ0) is 11.0. The summed E-state index contributed by atoms with van der Waals surface area (Å²) in [5.74, 6) is 0. The molecule has 0 aromatic carbocycles. The first-order valence-electron chi connectivity index (χ1n) is 4.33. The standard InChI is InChI=1S/C8H17N3O2S/c1-11(2)6-4-5-9-7(14)10-8(12)13-3/h4-6H2,1-3H3,(H2,9,10,12,14). The van der Waals surface area contributed by atoms with Gasteiger partial charge in [-0.1, -0.05) is 0 Å².